The SMILES string of the molecule is O=C(COc1ccc(F)cc1Br)NC1COC1. The van der Waals surface area contributed by atoms with Crippen LogP contribution in [0.1, 0.15) is 0 Å². The lowest BCUT2D eigenvalue weighted by molar-refractivity contribution is -0.127. The van der Waals surface area contributed by atoms with E-state index in [0.717, 1.165) is 0 Å². The predicted molar refractivity (Wildman–Crippen MR) is 62.3 cm³/mol. The van der Waals surface area contributed by atoms with Gasteiger partial charge in [0.2, 0.25) is 0 Å². The summed E-state index contributed by atoms with van der Waals surface area (Å²) < 4.78 is 23.5. The Morgan fingerprint density at radius 3 is 2.94 bits per heavy atom. The highest BCUT2D eigenvalue weighted by atomic mass is 79.9. The second-order valence-corrected chi connectivity index (χ2v) is 4.52. The van der Waals surface area contributed by atoms with Gasteiger partial charge in [-0.3, -0.25) is 4.79 Å². The van der Waals surface area contributed by atoms with E-state index in [0.29, 0.717) is 23.4 Å². The molecule has 0 unspecified atom stereocenters. The first-order chi connectivity index (χ1) is 8.15. The number of hydrogen-bond acceptors (Lipinski definition) is 3. The fourth-order valence-electron chi connectivity index (χ4n) is 1.32. The molecule has 4 nitrogen and oxygen atoms in total. The molecule has 1 saturated heterocycles. The smallest absolute Gasteiger partial charge is 0.258 e. The molecule has 0 aliphatic carbocycles. The highest BCUT2D eigenvalue weighted by Crippen LogP contribution is 2.25. The molecule has 1 heterocycles. The van der Waals surface area contributed by atoms with Crippen LogP contribution in [0.25, 0.3) is 0 Å². The first-order valence-corrected chi connectivity index (χ1v) is 5.89. The lowest BCUT2D eigenvalue weighted by atomic mass is 10.2. The molecule has 1 aromatic carbocycles. The molecule has 1 amide bonds. The molecule has 0 aromatic heterocycles. The molecule has 1 aliphatic heterocycles. The van der Waals surface area contributed by atoms with Crippen LogP contribution in [0.4, 0.5) is 4.39 Å². The number of ether oxygens (including phenoxy) is 2. The van der Waals surface area contributed by atoms with Gasteiger partial charge in [0.25, 0.3) is 5.91 Å². The Bertz CT molecular complexity index is 423. The van der Waals surface area contributed by atoms with Gasteiger partial charge in [-0.1, -0.05) is 0 Å². The molecule has 2 rings (SSSR count). The molecular formula is C11H11BrFNO3. The average Bonchev–Trinajstić information content (AvgIpc) is 2.22. The fraction of sp³-hybridized carbons (Fsp3) is 0.364. The van der Waals surface area contributed by atoms with Crippen molar-refractivity contribution in [1.29, 1.82) is 0 Å². The van der Waals surface area contributed by atoms with Crippen LogP contribution in [0.2, 0.25) is 0 Å². The zero-order chi connectivity index (χ0) is 12.3. The summed E-state index contributed by atoms with van der Waals surface area (Å²) in [5, 5.41) is 2.74. The molecule has 0 radical (unpaired) electrons. The minimum Gasteiger partial charge on any atom is -0.483 e. The number of rotatable bonds is 4. The van der Waals surface area contributed by atoms with Gasteiger partial charge in [0.05, 0.1) is 23.7 Å². The van der Waals surface area contributed by atoms with Gasteiger partial charge >= 0.3 is 0 Å². The number of carbonyl (C=O) groups is 1. The van der Waals surface area contributed by atoms with Crippen LogP contribution in [0.3, 0.4) is 0 Å². The van der Waals surface area contributed by atoms with Crippen LogP contribution in [-0.4, -0.2) is 31.8 Å². The van der Waals surface area contributed by atoms with Crippen molar-refractivity contribution in [1.82, 2.24) is 5.32 Å². The monoisotopic (exact) mass is 303 g/mol. The normalized spacial score (nSPS) is 15.2. The van der Waals surface area contributed by atoms with Crippen LogP contribution in [0.5, 0.6) is 5.75 Å². The summed E-state index contributed by atoms with van der Waals surface area (Å²) in [5.41, 5.74) is 0. The lowest BCUT2D eigenvalue weighted by Crippen LogP contribution is -2.49. The van der Waals surface area contributed by atoms with E-state index >= 15 is 0 Å². The molecule has 1 aromatic rings. The van der Waals surface area contributed by atoms with Crippen LogP contribution in [0.15, 0.2) is 22.7 Å². The van der Waals surface area contributed by atoms with Gasteiger partial charge in [-0.15, -0.1) is 0 Å². The number of carbonyl (C=O) groups excluding carboxylic acids is 1. The van der Waals surface area contributed by atoms with Gasteiger partial charge in [-0.05, 0) is 34.1 Å². The molecule has 1 aliphatic rings. The van der Waals surface area contributed by atoms with E-state index in [1.165, 1.54) is 18.2 Å². The largest absolute Gasteiger partial charge is 0.483 e. The van der Waals surface area contributed by atoms with E-state index in [-0.39, 0.29) is 24.4 Å². The van der Waals surface area contributed by atoms with Crippen molar-refractivity contribution in [3.05, 3.63) is 28.5 Å². The molecule has 0 bridgehead atoms. The second kappa shape index (κ2) is 5.46. The summed E-state index contributed by atoms with van der Waals surface area (Å²) in [6.07, 6.45) is 0. The molecule has 92 valence electrons. The maximum atomic E-state index is 12.8. The quantitative estimate of drug-likeness (QED) is 0.916. The summed E-state index contributed by atoms with van der Waals surface area (Å²) in [6.45, 7) is 0.999. The molecule has 0 atom stereocenters. The standard InChI is InChI=1S/C11H11BrFNO3/c12-9-3-7(13)1-2-10(9)17-6-11(15)14-8-4-16-5-8/h1-3,8H,4-6H2,(H,14,15). The second-order valence-electron chi connectivity index (χ2n) is 3.67. The van der Waals surface area contributed by atoms with E-state index in [4.69, 9.17) is 9.47 Å². The van der Waals surface area contributed by atoms with E-state index in [1.807, 2.05) is 0 Å². The number of benzene rings is 1. The Kier molecular flexibility index (Phi) is 3.96. The van der Waals surface area contributed by atoms with Crippen LogP contribution in [-0.2, 0) is 9.53 Å². The van der Waals surface area contributed by atoms with Gasteiger partial charge in [-0.25, -0.2) is 4.39 Å². The molecular weight excluding hydrogens is 293 g/mol. The average molecular weight is 304 g/mol. The summed E-state index contributed by atoms with van der Waals surface area (Å²) in [7, 11) is 0. The van der Waals surface area contributed by atoms with E-state index in [9.17, 15) is 9.18 Å². The molecule has 0 spiro atoms. The highest BCUT2D eigenvalue weighted by molar-refractivity contribution is 9.10. The first-order valence-electron chi connectivity index (χ1n) is 5.10. The minimum atomic E-state index is -0.361. The van der Waals surface area contributed by atoms with Gasteiger partial charge in [0, 0.05) is 0 Å². The Labute approximate surface area is 106 Å². The van der Waals surface area contributed by atoms with Crippen LogP contribution in [0, 0.1) is 5.82 Å². The highest BCUT2D eigenvalue weighted by Gasteiger charge is 2.20. The molecule has 17 heavy (non-hydrogen) atoms. The van der Waals surface area contributed by atoms with E-state index in [1.54, 1.807) is 0 Å². The van der Waals surface area contributed by atoms with Gasteiger partial charge in [0.15, 0.2) is 6.61 Å². The molecule has 1 N–H and O–H groups in total. The summed E-state index contributed by atoms with van der Waals surface area (Å²) in [5.74, 6) is -0.138. The third kappa shape index (κ3) is 3.41. The van der Waals surface area contributed by atoms with Crippen molar-refractivity contribution in [2.75, 3.05) is 19.8 Å². The zero-order valence-electron chi connectivity index (χ0n) is 8.91. The molecule has 1 fully saturated rings. The third-order valence-corrected chi connectivity index (χ3v) is 2.88. The Morgan fingerprint density at radius 2 is 2.35 bits per heavy atom. The molecule has 0 saturated carbocycles. The number of amides is 1. The van der Waals surface area contributed by atoms with Crippen molar-refractivity contribution in [3.63, 3.8) is 0 Å². The summed E-state index contributed by atoms with van der Waals surface area (Å²) >= 11 is 3.16. The number of hydrogen-bond donors (Lipinski definition) is 1. The minimum absolute atomic E-state index is 0.0859. The van der Waals surface area contributed by atoms with Crippen molar-refractivity contribution in [3.8, 4) is 5.75 Å². The fourth-order valence-corrected chi connectivity index (χ4v) is 1.79. The Morgan fingerprint density at radius 1 is 1.59 bits per heavy atom. The van der Waals surface area contributed by atoms with E-state index in [2.05, 4.69) is 21.2 Å². The zero-order valence-corrected chi connectivity index (χ0v) is 10.5. The lowest BCUT2D eigenvalue weighted by Gasteiger charge is -2.26. The van der Waals surface area contributed by atoms with Gasteiger partial charge in [0.1, 0.15) is 11.6 Å². The van der Waals surface area contributed by atoms with Crippen LogP contribution >= 0.6 is 15.9 Å². The number of halogens is 2. The summed E-state index contributed by atoms with van der Waals surface area (Å²) in [4.78, 5) is 11.4. The van der Waals surface area contributed by atoms with Crippen molar-refractivity contribution < 1.29 is 18.7 Å². The maximum absolute atomic E-state index is 12.8. The van der Waals surface area contributed by atoms with Gasteiger partial charge < -0.3 is 14.8 Å². The van der Waals surface area contributed by atoms with Gasteiger partial charge in [-0.2, -0.15) is 0 Å². The third-order valence-electron chi connectivity index (χ3n) is 2.26. The number of nitrogens with one attached hydrogen (secondary N) is 1. The van der Waals surface area contributed by atoms with Crippen LogP contribution < -0.4 is 10.1 Å². The summed E-state index contributed by atoms with van der Waals surface area (Å²) in [6, 6.07) is 4.12. The topological polar surface area (TPSA) is 47.6 Å². The first kappa shape index (κ1) is 12.3. The molecule has 6 heteroatoms. The van der Waals surface area contributed by atoms with E-state index < -0.39 is 0 Å². The van der Waals surface area contributed by atoms with Crippen molar-refractivity contribution in [2.24, 2.45) is 0 Å². The van der Waals surface area contributed by atoms with Crippen molar-refractivity contribution in [2.45, 2.75) is 6.04 Å². The predicted octanol–water partition coefficient (Wildman–Crippen LogP) is 1.48. The van der Waals surface area contributed by atoms with Crippen molar-refractivity contribution >= 4 is 21.8 Å². The Balaban J connectivity index is 1.82. The maximum Gasteiger partial charge on any atom is 0.258 e. The Hall–Kier alpha value is -1.14.